The van der Waals surface area contributed by atoms with Gasteiger partial charge in [0.1, 0.15) is 18.1 Å². The Labute approximate surface area is 191 Å². The molecule has 0 unspecified atom stereocenters. The summed E-state index contributed by atoms with van der Waals surface area (Å²) >= 11 is 0. The van der Waals surface area contributed by atoms with E-state index in [1.165, 1.54) is 7.11 Å². The molecule has 0 spiro atoms. The third-order valence-electron chi connectivity index (χ3n) is 5.13. The average molecular weight is 447 g/mol. The molecule has 9 heteroatoms. The Kier molecular flexibility index (Phi) is 6.50. The van der Waals surface area contributed by atoms with Gasteiger partial charge in [-0.15, -0.1) is 0 Å². The molecule has 170 valence electrons. The number of methoxy groups -OCH3 is 3. The Balaban J connectivity index is 1.80. The van der Waals surface area contributed by atoms with Gasteiger partial charge in [-0.1, -0.05) is 0 Å². The van der Waals surface area contributed by atoms with Crippen LogP contribution in [0.4, 0.5) is 11.4 Å². The van der Waals surface area contributed by atoms with Gasteiger partial charge in [-0.2, -0.15) is 5.10 Å². The van der Waals surface area contributed by atoms with Crippen molar-refractivity contribution in [1.82, 2.24) is 19.7 Å². The number of Topliss-reactive ketones (excluding diaryl/α,β-unsaturated/α-hetero) is 1. The molecule has 4 aromatic rings. The fourth-order valence-corrected chi connectivity index (χ4v) is 3.52. The van der Waals surface area contributed by atoms with Crippen molar-refractivity contribution in [2.75, 3.05) is 39.4 Å². The van der Waals surface area contributed by atoms with Gasteiger partial charge in [0.15, 0.2) is 5.78 Å². The summed E-state index contributed by atoms with van der Waals surface area (Å²) in [5.74, 6) is 1.16. The first-order valence-electron chi connectivity index (χ1n) is 10.3. The van der Waals surface area contributed by atoms with Crippen molar-refractivity contribution in [2.45, 2.75) is 0 Å². The van der Waals surface area contributed by atoms with Crippen LogP contribution in [0.2, 0.25) is 0 Å². The van der Waals surface area contributed by atoms with E-state index in [0.29, 0.717) is 17.0 Å². The molecule has 0 N–H and O–H groups in total. The van der Waals surface area contributed by atoms with Crippen LogP contribution in [-0.4, -0.2) is 60.0 Å². The maximum absolute atomic E-state index is 12.5. The number of aryl methyl sites for hydroxylation is 1. The number of anilines is 2. The number of nitrogens with zero attached hydrogens (tertiary/aromatic N) is 5. The molecule has 2 heterocycles. The van der Waals surface area contributed by atoms with E-state index < -0.39 is 0 Å². The van der Waals surface area contributed by atoms with Gasteiger partial charge in [-0.05, 0) is 18.2 Å². The lowest BCUT2D eigenvalue weighted by molar-refractivity contribution is -0.121. The quantitative estimate of drug-likeness (QED) is 0.386. The van der Waals surface area contributed by atoms with Crippen molar-refractivity contribution < 1.29 is 19.0 Å². The summed E-state index contributed by atoms with van der Waals surface area (Å²) in [7, 11) is 6.53. The number of carbonyl (C=O) groups excluding carboxylic acids is 1. The summed E-state index contributed by atoms with van der Waals surface area (Å²) in [5.41, 5.74) is 4.57. The molecule has 2 aromatic heterocycles. The molecule has 0 saturated heterocycles. The fraction of sp³-hybridized carbons (Fsp3) is 0.250. The molecule has 0 aliphatic heterocycles. The van der Waals surface area contributed by atoms with Crippen LogP contribution in [0.25, 0.3) is 22.3 Å². The van der Waals surface area contributed by atoms with Gasteiger partial charge in [0.05, 0.1) is 49.9 Å². The van der Waals surface area contributed by atoms with Crippen molar-refractivity contribution in [3.8, 4) is 22.8 Å². The van der Waals surface area contributed by atoms with E-state index in [-0.39, 0.29) is 18.9 Å². The number of ether oxygens (including phenoxy) is 3. The molecule has 0 atom stereocenters. The number of hydrogen-bond acceptors (Lipinski definition) is 8. The second kappa shape index (κ2) is 9.66. The second-order valence-corrected chi connectivity index (χ2v) is 7.46. The summed E-state index contributed by atoms with van der Waals surface area (Å²) in [6, 6.07) is 11.2. The number of benzene rings is 2. The summed E-state index contributed by atoms with van der Waals surface area (Å²) < 4.78 is 17.6. The van der Waals surface area contributed by atoms with Crippen molar-refractivity contribution in [1.29, 1.82) is 0 Å². The summed E-state index contributed by atoms with van der Waals surface area (Å²) in [5, 5.41) is 4.21. The maximum atomic E-state index is 12.5. The molecule has 0 radical (unpaired) electrons. The average Bonchev–Trinajstić information content (AvgIpc) is 3.27. The van der Waals surface area contributed by atoms with Gasteiger partial charge in [0.25, 0.3) is 0 Å². The molecule has 0 aliphatic carbocycles. The molecule has 0 fully saturated rings. The van der Waals surface area contributed by atoms with Crippen molar-refractivity contribution in [3.05, 3.63) is 55.0 Å². The van der Waals surface area contributed by atoms with Gasteiger partial charge in [-0.25, -0.2) is 4.98 Å². The highest BCUT2D eigenvalue weighted by Crippen LogP contribution is 2.34. The lowest BCUT2D eigenvalue weighted by Gasteiger charge is -2.25. The zero-order valence-corrected chi connectivity index (χ0v) is 19.0. The van der Waals surface area contributed by atoms with Gasteiger partial charge in [0, 0.05) is 55.5 Å². The molecule has 0 bridgehead atoms. The van der Waals surface area contributed by atoms with Gasteiger partial charge in [0.2, 0.25) is 0 Å². The first kappa shape index (κ1) is 22.2. The topological polar surface area (TPSA) is 91.6 Å². The van der Waals surface area contributed by atoms with Crippen LogP contribution in [-0.2, 0) is 16.6 Å². The van der Waals surface area contributed by atoms with E-state index >= 15 is 0 Å². The number of carbonyl (C=O) groups is 1. The van der Waals surface area contributed by atoms with E-state index in [1.807, 2.05) is 48.5 Å². The van der Waals surface area contributed by atoms with Crippen molar-refractivity contribution in [3.63, 3.8) is 0 Å². The van der Waals surface area contributed by atoms with Crippen LogP contribution < -0.4 is 14.4 Å². The van der Waals surface area contributed by atoms with Crippen molar-refractivity contribution >= 4 is 28.2 Å². The SMILES string of the molecule is COCC(=O)CN(c1cc(OC)cc(OC)c1)c1ccc2ncc(-c3cnn(C)c3)nc2c1. The minimum atomic E-state index is -0.0745. The lowest BCUT2D eigenvalue weighted by atomic mass is 10.1. The van der Waals surface area contributed by atoms with E-state index in [0.717, 1.165) is 28.1 Å². The molecule has 2 aromatic carbocycles. The summed E-state index contributed by atoms with van der Waals surface area (Å²) in [6.07, 6.45) is 5.36. The molecule has 33 heavy (non-hydrogen) atoms. The molecule has 0 amide bonds. The van der Waals surface area contributed by atoms with Gasteiger partial charge in [-0.3, -0.25) is 14.5 Å². The molecular weight excluding hydrogens is 422 g/mol. The first-order valence-corrected chi connectivity index (χ1v) is 10.3. The Morgan fingerprint density at radius 3 is 2.36 bits per heavy atom. The minimum absolute atomic E-state index is 0.0101. The predicted molar refractivity (Wildman–Crippen MR) is 125 cm³/mol. The largest absolute Gasteiger partial charge is 0.497 e. The molecule has 9 nitrogen and oxygen atoms in total. The molecule has 4 rings (SSSR count). The van der Waals surface area contributed by atoms with E-state index in [4.69, 9.17) is 19.2 Å². The van der Waals surface area contributed by atoms with Crippen LogP contribution in [0.1, 0.15) is 0 Å². The lowest BCUT2D eigenvalue weighted by Crippen LogP contribution is -2.27. The Hall–Kier alpha value is -3.98. The predicted octanol–water partition coefficient (Wildman–Crippen LogP) is 3.40. The van der Waals surface area contributed by atoms with Crippen LogP contribution in [0.5, 0.6) is 11.5 Å². The first-order chi connectivity index (χ1) is 16.0. The Bertz CT molecular complexity index is 1260. The number of aromatic nitrogens is 4. The number of hydrogen-bond donors (Lipinski definition) is 0. The third-order valence-corrected chi connectivity index (χ3v) is 5.13. The highest BCUT2D eigenvalue weighted by molar-refractivity contribution is 5.89. The van der Waals surface area contributed by atoms with Crippen LogP contribution in [0.15, 0.2) is 55.0 Å². The van der Waals surface area contributed by atoms with E-state index in [9.17, 15) is 4.79 Å². The molecule has 0 aliphatic rings. The van der Waals surface area contributed by atoms with Crippen LogP contribution in [0, 0.1) is 0 Å². The van der Waals surface area contributed by atoms with Crippen LogP contribution in [0.3, 0.4) is 0 Å². The number of ketones is 1. The highest BCUT2D eigenvalue weighted by Gasteiger charge is 2.17. The second-order valence-electron chi connectivity index (χ2n) is 7.46. The normalized spacial score (nSPS) is 10.9. The standard InChI is InChI=1S/C24H25N5O4/c1-28-13-16(11-26-28)24-12-25-22-6-5-17(9-23(22)27-24)29(14-19(30)15-31-2)18-7-20(32-3)10-21(8-18)33-4/h5-13H,14-15H2,1-4H3. The number of fused-ring (bicyclic) bond motifs is 1. The fourth-order valence-electron chi connectivity index (χ4n) is 3.52. The van der Waals surface area contributed by atoms with E-state index in [2.05, 4.69) is 10.1 Å². The third kappa shape index (κ3) is 4.93. The van der Waals surface area contributed by atoms with Gasteiger partial charge < -0.3 is 19.1 Å². The highest BCUT2D eigenvalue weighted by atomic mass is 16.5. The zero-order valence-electron chi connectivity index (χ0n) is 19.0. The minimum Gasteiger partial charge on any atom is -0.497 e. The van der Waals surface area contributed by atoms with Gasteiger partial charge >= 0.3 is 0 Å². The maximum Gasteiger partial charge on any atom is 0.178 e. The monoisotopic (exact) mass is 447 g/mol. The Morgan fingerprint density at radius 1 is 0.970 bits per heavy atom. The van der Waals surface area contributed by atoms with Crippen molar-refractivity contribution in [2.24, 2.45) is 7.05 Å². The smallest absolute Gasteiger partial charge is 0.178 e. The van der Waals surface area contributed by atoms with E-state index in [1.54, 1.807) is 37.4 Å². The molecular formula is C24H25N5O4. The number of rotatable bonds is 9. The molecule has 0 saturated carbocycles. The summed E-state index contributed by atoms with van der Waals surface area (Å²) in [6.45, 7) is 0.113. The van der Waals surface area contributed by atoms with Crippen LogP contribution >= 0.6 is 0 Å². The zero-order chi connectivity index (χ0) is 23.4. The summed E-state index contributed by atoms with van der Waals surface area (Å²) in [4.78, 5) is 23.7. The Morgan fingerprint density at radius 2 is 1.73 bits per heavy atom.